The van der Waals surface area contributed by atoms with Crippen LogP contribution in [0.4, 0.5) is 0 Å². The third-order valence-corrected chi connectivity index (χ3v) is 9.65. The van der Waals surface area contributed by atoms with Crippen molar-refractivity contribution in [1.82, 2.24) is 9.88 Å². The number of likely N-dealkylation sites (tertiary alicyclic amines) is 1. The molecule has 0 atom stereocenters. The summed E-state index contributed by atoms with van der Waals surface area (Å²) in [6, 6.07) is 7.15. The molecule has 1 aromatic heterocycles. The van der Waals surface area contributed by atoms with Crippen LogP contribution in [0.5, 0.6) is 0 Å². The summed E-state index contributed by atoms with van der Waals surface area (Å²) in [6.07, 6.45) is 14.7. The molecule has 36 heavy (non-hydrogen) atoms. The molecule has 1 fully saturated rings. The Balaban J connectivity index is 0.000000454. The third-order valence-electron chi connectivity index (χ3n) is 8.64. The zero-order chi connectivity index (χ0) is 26.2. The molecule has 0 bridgehead atoms. The van der Waals surface area contributed by atoms with Crippen LogP contribution in [0, 0.1) is 0 Å². The highest BCUT2D eigenvalue weighted by Gasteiger charge is 2.37. The summed E-state index contributed by atoms with van der Waals surface area (Å²) in [5.74, 6) is 0.652. The zero-order valence-electron chi connectivity index (χ0n) is 24.6. The fourth-order valence-electron chi connectivity index (χ4n) is 5.82. The van der Waals surface area contributed by atoms with Crippen LogP contribution in [0.25, 0.3) is 11.3 Å². The molecule has 0 saturated carbocycles. The highest BCUT2D eigenvalue weighted by atomic mass is 32.1. The number of piperidine rings is 1. The number of nitrogens with zero attached hydrogens (tertiary/aromatic N) is 2. The Labute approximate surface area is 227 Å². The number of fused-ring (bicyclic) bond motifs is 1. The van der Waals surface area contributed by atoms with Gasteiger partial charge in [0.1, 0.15) is 0 Å². The first kappa shape index (κ1) is 29.4. The van der Waals surface area contributed by atoms with E-state index in [0.29, 0.717) is 5.92 Å². The van der Waals surface area contributed by atoms with Gasteiger partial charge in [0, 0.05) is 16.9 Å². The van der Waals surface area contributed by atoms with Gasteiger partial charge in [-0.25, -0.2) is 4.98 Å². The Bertz CT molecular complexity index is 914. The van der Waals surface area contributed by atoms with Crippen LogP contribution >= 0.6 is 11.3 Å². The summed E-state index contributed by atoms with van der Waals surface area (Å²) >= 11 is 1.88. The number of hydrogen-bond acceptors (Lipinski definition) is 3. The van der Waals surface area contributed by atoms with Crippen LogP contribution in [0.1, 0.15) is 141 Å². The van der Waals surface area contributed by atoms with E-state index in [1.165, 1.54) is 118 Å². The monoisotopic (exact) mass is 510 g/mol. The molecule has 0 amide bonds. The third kappa shape index (κ3) is 7.67. The molecule has 202 valence electrons. The molecule has 0 N–H and O–H groups in total. The molecule has 2 nitrogen and oxygen atoms in total. The number of unbranched alkanes of at least 4 members (excludes halogenated alkanes) is 5. The van der Waals surface area contributed by atoms with E-state index in [0.717, 1.165) is 0 Å². The Morgan fingerprint density at radius 1 is 0.833 bits per heavy atom. The molecular formula is C33H54N2S. The van der Waals surface area contributed by atoms with E-state index < -0.39 is 0 Å². The second-order valence-electron chi connectivity index (χ2n) is 12.6. The van der Waals surface area contributed by atoms with Crippen LogP contribution in [0.3, 0.4) is 0 Å². The van der Waals surface area contributed by atoms with E-state index >= 15 is 0 Å². The van der Waals surface area contributed by atoms with Gasteiger partial charge in [-0.15, -0.1) is 11.3 Å². The van der Waals surface area contributed by atoms with Crippen molar-refractivity contribution in [2.75, 3.05) is 19.6 Å². The molecule has 0 spiro atoms. The van der Waals surface area contributed by atoms with Gasteiger partial charge in [0.05, 0.1) is 10.7 Å². The minimum Gasteiger partial charge on any atom is -0.303 e. The summed E-state index contributed by atoms with van der Waals surface area (Å²) in [7, 11) is 0. The summed E-state index contributed by atoms with van der Waals surface area (Å²) in [5, 5.41) is 3.65. The van der Waals surface area contributed by atoms with Gasteiger partial charge in [0.2, 0.25) is 0 Å². The smallest absolute Gasteiger partial charge is 0.0964 e. The van der Waals surface area contributed by atoms with Crippen molar-refractivity contribution in [2.24, 2.45) is 0 Å². The molecule has 2 aliphatic rings. The maximum absolute atomic E-state index is 5.12. The van der Waals surface area contributed by atoms with Crippen LogP contribution in [-0.2, 0) is 10.8 Å². The molecule has 0 unspecified atom stereocenters. The Morgan fingerprint density at radius 2 is 1.44 bits per heavy atom. The first-order valence-corrected chi connectivity index (χ1v) is 15.9. The fraction of sp³-hybridized carbons (Fsp3) is 0.727. The Kier molecular flexibility index (Phi) is 11.1. The van der Waals surface area contributed by atoms with E-state index in [9.17, 15) is 0 Å². The lowest BCUT2D eigenvalue weighted by atomic mass is 9.63. The first-order chi connectivity index (χ1) is 17.2. The average molecular weight is 511 g/mol. The first-order valence-electron chi connectivity index (χ1n) is 15.0. The SMILES string of the molecule is CCCCCCC.CCCCN1CCC(c2nc(-c3ccc4c(c3)C(C)(C)CCC4(C)C)cs2)CC1. The number of thiazole rings is 1. The molecule has 4 rings (SSSR count). The van der Waals surface area contributed by atoms with Gasteiger partial charge < -0.3 is 4.90 Å². The van der Waals surface area contributed by atoms with Gasteiger partial charge in [0.15, 0.2) is 0 Å². The Hall–Kier alpha value is -1.19. The van der Waals surface area contributed by atoms with Gasteiger partial charge in [0.25, 0.3) is 0 Å². The predicted molar refractivity (Wildman–Crippen MR) is 161 cm³/mol. The molecule has 2 heterocycles. The minimum absolute atomic E-state index is 0.255. The van der Waals surface area contributed by atoms with Gasteiger partial charge in [-0.05, 0) is 79.8 Å². The molecule has 1 saturated heterocycles. The molecule has 1 aromatic carbocycles. The van der Waals surface area contributed by atoms with Crippen molar-refractivity contribution >= 4 is 11.3 Å². The van der Waals surface area contributed by atoms with Gasteiger partial charge in [-0.1, -0.05) is 99.1 Å². The van der Waals surface area contributed by atoms with E-state index in [1.54, 1.807) is 0 Å². The normalized spacial score (nSPS) is 19.4. The lowest BCUT2D eigenvalue weighted by Gasteiger charge is -2.42. The molecule has 3 heteroatoms. The quantitative estimate of drug-likeness (QED) is 0.312. The van der Waals surface area contributed by atoms with Crippen molar-refractivity contribution in [1.29, 1.82) is 0 Å². The standard InChI is InChI=1S/C26H38N2S.C7H16/c1-6-7-14-28-15-10-19(11-16-28)24-27-23(18-29-24)20-8-9-21-22(17-20)26(4,5)13-12-25(21,2)3;1-3-5-7-6-4-2/h8-9,17-19H,6-7,10-16H2,1-5H3;3-7H2,1-2H3. The van der Waals surface area contributed by atoms with Gasteiger partial charge in [-0.2, -0.15) is 0 Å². The van der Waals surface area contributed by atoms with E-state index in [1.807, 2.05) is 11.3 Å². The number of benzene rings is 1. The lowest BCUT2D eigenvalue weighted by Crippen LogP contribution is -2.33. The fourth-order valence-corrected chi connectivity index (χ4v) is 6.82. The molecule has 2 aromatic rings. The summed E-state index contributed by atoms with van der Waals surface area (Å²) in [6.45, 7) is 20.1. The average Bonchev–Trinajstić information content (AvgIpc) is 3.37. The second-order valence-corrected chi connectivity index (χ2v) is 13.5. The lowest BCUT2D eigenvalue weighted by molar-refractivity contribution is 0.209. The summed E-state index contributed by atoms with van der Waals surface area (Å²) in [4.78, 5) is 7.77. The Morgan fingerprint density at radius 3 is 2.06 bits per heavy atom. The largest absolute Gasteiger partial charge is 0.303 e. The van der Waals surface area contributed by atoms with Crippen molar-refractivity contribution in [2.45, 2.75) is 136 Å². The van der Waals surface area contributed by atoms with Crippen LogP contribution in [0.2, 0.25) is 0 Å². The summed E-state index contributed by atoms with van der Waals surface area (Å²) < 4.78 is 0. The van der Waals surface area contributed by atoms with Crippen molar-refractivity contribution in [3.05, 3.63) is 39.7 Å². The highest BCUT2D eigenvalue weighted by molar-refractivity contribution is 7.10. The van der Waals surface area contributed by atoms with Crippen molar-refractivity contribution < 1.29 is 0 Å². The van der Waals surface area contributed by atoms with Crippen LogP contribution < -0.4 is 0 Å². The maximum atomic E-state index is 5.12. The zero-order valence-corrected chi connectivity index (χ0v) is 25.4. The van der Waals surface area contributed by atoms with Crippen molar-refractivity contribution in [3.8, 4) is 11.3 Å². The number of hydrogen-bond donors (Lipinski definition) is 0. The van der Waals surface area contributed by atoms with Gasteiger partial charge >= 0.3 is 0 Å². The molecule has 1 aliphatic heterocycles. The highest BCUT2D eigenvalue weighted by Crippen LogP contribution is 2.47. The molecule has 1 aliphatic carbocycles. The van der Waals surface area contributed by atoms with E-state index in [2.05, 4.69) is 76.9 Å². The second kappa shape index (κ2) is 13.6. The van der Waals surface area contributed by atoms with E-state index in [-0.39, 0.29) is 10.8 Å². The molecule has 0 radical (unpaired) electrons. The van der Waals surface area contributed by atoms with Crippen molar-refractivity contribution in [3.63, 3.8) is 0 Å². The van der Waals surface area contributed by atoms with Crippen LogP contribution in [-0.4, -0.2) is 29.5 Å². The maximum Gasteiger partial charge on any atom is 0.0964 e. The number of rotatable bonds is 9. The summed E-state index contributed by atoms with van der Waals surface area (Å²) in [5.41, 5.74) is 6.09. The van der Waals surface area contributed by atoms with E-state index in [4.69, 9.17) is 4.98 Å². The predicted octanol–water partition coefficient (Wildman–Crippen LogP) is 10.1. The topological polar surface area (TPSA) is 16.1 Å². The number of aromatic nitrogens is 1. The van der Waals surface area contributed by atoms with Gasteiger partial charge in [-0.3, -0.25) is 0 Å². The minimum atomic E-state index is 0.255. The van der Waals surface area contributed by atoms with Crippen LogP contribution in [0.15, 0.2) is 23.6 Å². The molecular weight excluding hydrogens is 456 g/mol.